The Morgan fingerprint density at radius 1 is 1.47 bits per heavy atom. The molecule has 15 heavy (non-hydrogen) atoms. The molecule has 0 fully saturated rings. The minimum Gasteiger partial charge on any atom is -0.304 e. The smallest absolute Gasteiger partial charge is 0.0991 e. The van der Waals surface area contributed by atoms with Crippen molar-refractivity contribution in [2.24, 2.45) is 0 Å². The zero-order valence-corrected chi connectivity index (χ0v) is 9.20. The molecule has 1 aromatic carbocycles. The van der Waals surface area contributed by atoms with Gasteiger partial charge in [-0.1, -0.05) is 18.2 Å². The first kappa shape index (κ1) is 11.5. The molecule has 1 aromatic rings. The second-order valence-electron chi connectivity index (χ2n) is 3.65. The van der Waals surface area contributed by atoms with E-state index in [1.807, 2.05) is 30.3 Å². The van der Waals surface area contributed by atoms with Crippen LogP contribution in [0, 0.1) is 11.3 Å². The van der Waals surface area contributed by atoms with Crippen LogP contribution < -0.4 is 5.32 Å². The fraction of sp³-hybridized carbons (Fsp3) is 0.308. The number of hydrogen-bond donors (Lipinski definition) is 1. The summed E-state index contributed by atoms with van der Waals surface area (Å²) in [4.78, 5) is 0. The van der Waals surface area contributed by atoms with Crippen LogP contribution in [0.1, 0.15) is 31.0 Å². The Kier molecular flexibility index (Phi) is 4.08. The highest BCUT2D eigenvalue weighted by molar-refractivity contribution is 5.34. The van der Waals surface area contributed by atoms with Gasteiger partial charge < -0.3 is 5.32 Å². The first-order chi connectivity index (χ1) is 7.17. The molecule has 1 rings (SSSR count). The average molecular weight is 200 g/mol. The maximum absolute atomic E-state index is 8.79. The van der Waals surface area contributed by atoms with Crippen LogP contribution in [0.15, 0.2) is 36.9 Å². The second-order valence-corrected chi connectivity index (χ2v) is 3.65. The van der Waals surface area contributed by atoms with Gasteiger partial charge in [0.25, 0.3) is 0 Å². The molecule has 0 amide bonds. The molecule has 0 aromatic heterocycles. The third kappa shape index (κ3) is 3.23. The number of nitrogens with one attached hydrogen (secondary N) is 1. The molecule has 0 heterocycles. The quantitative estimate of drug-likeness (QED) is 0.758. The number of nitriles is 1. The standard InChI is InChI=1S/C13H16N2/c1-4-10(2)15-11(3)13-7-5-6-12(8-13)9-14/h4-8,10-11,15H,1H2,2-3H3. The second kappa shape index (κ2) is 5.33. The Morgan fingerprint density at radius 2 is 2.20 bits per heavy atom. The van der Waals surface area contributed by atoms with Crippen molar-refractivity contribution in [1.29, 1.82) is 5.26 Å². The van der Waals surface area contributed by atoms with E-state index in [9.17, 15) is 0 Å². The predicted octanol–water partition coefficient (Wildman–Crippen LogP) is 2.78. The lowest BCUT2D eigenvalue weighted by Crippen LogP contribution is -2.26. The van der Waals surface area contributed by atoms with E-state index in [0.717, 1.165) is 5.56 Å². The lowest BCUT2D eigenvalue weighted by atomic mass is 10.1. The third-order valence-electron chi connectivity index (χ3n) is 2.38. The molecule has 0 saturated heterocycles. The van der Waals surface area contributed by atoms with E-state index in [1.54, 1.807) is 0 Å². The van der Waals surface area contributed by atoms with Crippen LogP contribution in [0.25, 0.3) is 0 Å². The highest BCUT2D eigenvalue weighted by Crippen LogP contribution is 2.14. The third-order valence-corrected chi connectivity index (χ3v) is 2.38. The van der Waals surface area contributed by atoms with Crippen LogP contribution in [0.4, 0.5) is 0 Å². The molecule has 0 radical (unpaired) electrons. The zero-order valence-electron chi connectivity index (χ0n) is 9.20. The highest BCUT2D eigenvalue weighted by Gasteiger charge is 2.07. The zero-order chi connectivity index (χ0) is 11.3. The predicted molar refractivity (Wildman–Crippen MR) is 62.4 cm³/mol. The van der Waals surface area contributed by atoms with E-state index < -0.39 is 0 Å². The van der Waals surface area contributed by atoms with Gasteiger partial charge >= 0.3 is 0 Å². The summed E-state index contributed by atoms with van der Waals surface area (Å²) in [6.45, 7) is 7.86. The average Bonchev–Trinajstić information content (AvgIpc) is 2.28. The number of benzene rings is 1. The van der Waals surface area contributed by atoms with Crippen molar-refractivity contribution in [3.63, 3.8) is 0 Å². The van der Waals surface area contributed by atoms with Crippen molar-refractivity contribution in [3.05, 3.63) is 48.0 Å². The fourth-order valence-corrected chi connectivity index (χ4v) is 1.44. The Hall–Kier alpha value is -1.59. The molecule has 0 bridgehead atoms. The van der Waals surface area contributed by atoms with Gasteiger partial charge in [0.2, 0.25) is 0 Å². The summed E-state index contributed by atoms with van der Waals surface area (Å²) in [5.74, 6) is 0. The first-order valence-corrected chi connectivity index (χ1v) is 5.06. The first-order valence-electron chi connectivity index (χ1n) is 5.06. The summed E-state index contributed by atoms with van der Waals surface area (Å²) >= 11 is 0. The van der Waals surface area contributed by atoms with Gasteiger partial charge in [0.1, 0.15) is 0 Å². The van der Waals surface area contributed by atoms with Crippen LogP contribution in [-0.4, -0.2) is 6.04 Å². The Bertz CT molecular complexity index is 376. The molecule has 0 spiro atoms. The van der Waals surface area contributed by atoms with Gasteiger partial charge in [-0.3, -0.25) is 0 Å². The van der Waals surface area contributed by atoms with Gasteiger partial charge in [-0.25, -0.2) is 0 Å². The molecule has 2 heteroatoms. The van der Waals surface area contributed by atoms with Crippen LogP contribution in [0.5, 0.6) is 0 Å². The molecular formula is C13H16N2. The van der Waals surface area contributed by atoms with Gasteiger partial charge in [0.15, 0.2) is 0 Å². The molecule has 78 valence electrons. The largest absolute Gasteiger partial charge is 0.304 e. The van der Waals surface area contributed by atoms with Gasteiger partial charge in [-0.05, 0) is 31.5 Å². The van der Waals surface area contributed by atoms with Crippen LogP contribution in [0.2, 0.25) is 0 Å². The molecule has 0 aliphatic carbocycles. The lowest BCUT2D eigenvalue weighted by molar-refractivity contribution is 0.537. The van der Waals surface area contributed by atoms with Crippen LogP contribution in [-0.2, 0) is 0 Å². The number of hydrogen-bond acceptors (Lipinski definition) is 2. The number of rotatable bonds is 4. The summed E-state index contributed by atoms with van der Waals surface area (Å²) in [5, 5.41) is 12.2. The van der Waals surface area contributed by atoms with E-state index in [4.69, 9.17) is 5.26 Å². The van der Waals surface area contributed by atoms with Crippen LogP contribution in [0.3, 0.4) is 0 Å². The van der Waals surface area contributed by atoms with Crippen molar-refractivity contribution in [2.75, 3.05) is 0 Å². The summed E-state index contributed by atoms with van der Waals surface area (Å²) in [6, 6.07) is 10.3. The Morgan fingerprint density at radius 3 is 2.80 bits per heavy atom. The van der Waals surface area contributed by atoms with E-state index >= 15 is 0 Å². The van der Waals surface area contributed by atoms with E-state index in [1.165, 1.54) is 0 Å². The Labute approximate surface area is 91.2 Å². The molecule has 2 nitrogen and oxygen atoms in total. The monoisotopic (exact) mass is 200 g/mol. The van der Waals surface area contributed by atoms with Gasteiger partial charge in [-0.15, -0.1) is 6.58 Å². The molecular weight excluding hydrogens is 184 g/mol. The topological polar surface area (TPSA) is 35.8 Å². The molecule has 1 N–H and O–H groups in total. The van der Waals surface area contributed by atoms with Crippen molar-refractivity contribution >= 4 is 0 Å². The number of nitrogens with zero attached hydrogens (tertiary/aromatic N) is 1. The lowest BCUT2D eigenvalue weighted by Gasteiger charge is -2.17. The van der Waals surface area contributed by atoms with Crippen molar-refractivity contribution in [2.45, 2.75) is 25.9 Å². The van der Waals surface area contributed by atoms with E-state index in [0.29, 0.717) is 5.56 Å². The Balaban J connectivity index is 2.78. The van der Waals surface area contributed by atoms with Gasteiger partial charge in [0, 0.05) is 12.1 Å². The van der Waals surface area contributed by atoms with E-state index in [-0.39, 0.29) is 12.1 Å². The molecule has 2 atom stereocenters. The maximum atomic E-state index is 8.79. The SMILES string of the molecule is C=CC(C)NC(C)c1cccc(C#N)c1. The minimum atomic E-state index is 0.228. The summed E-state index contributed by atoms with van der Waals surface area (Å²) in [6.07, 6.45) is 1.87. The van der Waals surface area contributed by atoms with Crippen molar-refractivity contribution in [3.8, 4) is 6.07 Å². The van der Waals surface area contributed by atoms with Gasteiger partial charge in [-0.2, -0.15) is 5.26 Å². The molecule has 0 saturated carbocycles. The van der Waals surface area contributed by atoms with Crippen molar-refractivity contribution in [1.82, 2.24) is 5.32 Å². The van der Waals surface area contributed by atoms with E-state index in [2.05, 4.69) is 31.8 Å². The van der Waals surface area contributed by atoms with Crippen molar-refractivity contribution < 1.29 is 0 Å². The summed E-state index contributed by atoms with van der Waals surface area (Å²) in [7, 11) is 0. The van der Waals surface area contributed by atoms with Crippen LogP contribution >= 0.6 is 0 Å². The minimum absolute atomic E-state index is 0.228. The van der Waals surface area contributed by atoms with Gasteiger partial charge in [0.05, 0.1) is 11.6 Å². The highest BCUT2D eigenvalue weighted by atomic mass is 14.9. The summed E-state index contributed by atoms with van der Waals surface area (Å²) in [5.41, 5.74) is 1.83. The fourth-order valence-electron chi connectivity index (χ4n) is 1.44. The molecule has 0 aliphatic heterocycles. The molecule has 2 unspecified atom stereocenters. The maximum Gasteiger partial charge on any atom is 0.0991 e. The normalized spacial score (nSPS) is 13.9. The summed E-state index contributed by atoms with van der Waals surface area (Å²) < 4.78 is 0. The molecule has 0 aliphatic rings.